The van der Waals surface area contributed by atoms with Crippen LogP contribution in [0.5, 0.6) is 11.5 Å². The van der Waals surface area contributed by atoms with Gasteiger partial charge < -0.3 is 19.5 Å². The summed E-state index contributed by atoms with van der Waals surface area (Å²) in [6, 6.07) is 2.09. The molecule has 0 aliphatic carbocycles. The Kier molecular flexibility index (Phi) is 6.85. The van der Waals surface area contributed by atoms with E-state index in [-0.39, 0.29) is 54.6 Å². The van der Waals surface area contributed by atoms with Gasteiger partial charge in [-0.15, -0.1) is 0 Å². The number of rotatable bonds is 8. The van der Waals surface area contributed by atoms with Gasteiger partial charge in [-0.3, -0.25) is 19.3 Å². The fourth-order valence-corrected chi connectivity index (χ4v) is 2.59. The highest BCUT2D eigenvalue weighted by Crippen LogP contribution is 2.35. The molecule has 1 aliphatic heterocycles. The van der Waals surface area contributed by atoms with E-state index in [0.29, 0.717) is 0 Å². The lowest BCUT2D eigenvalue weighted by Crippen LogP contribution is -2.32. The highest BCUT2D eigenvalue weighted by Gasteiger charge is 2.29. The maximum Gasteiger partial charge on any atom is 0.387 e. The smallest absolute Gasteiger partial charge is 0.387 e. The molecule has 0 aromatic heterocycles. The van der Waals surface area contributed by atoms with Gasteiger partial charge in [0, 0.05) is 37.9 Å². The SMILES string of the molecule is COC(=O)c1cc(OC)c(OC(F)F)cc1NC(=O)CCN1C(=O)CCC1=O. The zero-order valence-corrected chi connectivity index (χ0v) is 15.1. The number of hydrogen-bond acceptors (Lipinski definition) is 7. The molecule has 152 valence electrons. The first-order valence-corrected chi connectivity index (χ1v) is 8.15. The van der Waals surface area contributed by atoms with Gasteiger partial charge in [0.1, 0.15) is 0 Å². The number of esters is 1. The third kappa shape index (κ3) is 4.93. The molecule has 0 bridgehead atoms. The number of imide groups is 1. The van der Waals surface area contributed by atoms with Gasteiger partial charge in [0.25, 0.3) is 0 Å². The number of nitrogens with one attached hydrogen (secondary N) is 1. The summed E-state index contributed by atoms with van der Waals surface area (Å²) in [6.45, 7) is -3.29. The minimum Gasteiger partial charge on any atom is -0.493 e. The van der Waals surface area contributed by atoms with Crippen LogP contribution < -0.4 is 14.8 Å². The van der Waals surface area contributed by atoms with Gasteiger partial charge >= 0.3 is 12.6 Å². The van der Waals surface area contributed by atoms with E-state index in [1.165, 1.54) is 7.11 Å². The minimum atomic E-state index is -3.16. The summed E-state index contributed by atoms with van der Waals surface area (Å²) in [6.07, 6.45) is -0.0470. The first kappa shape index (κ1) is 21.1. The summed E-state index contributed by atoms with van der Waals surface area (Å²) in [5.41, 5.74) is -0.296. The van der Waals surface area contributed by atoms with Crippen LogP contribution >= 0.6 is 0 Å². The summed E-state index contributed by atoms with van der Waals surface area (Å²) in [5.74, 6) is -2.79. The molecule has 2 rings (SSSR count). The predicted molar refractivity (Wildman–Crippen MR) is 90.2 cm³/mol. The maximum absolute atomic E-state index is 12.6. The second-order valence-corrected chi connectivity index (χ2v) is 5.66. The lowest BCUT2D eigenvalue weighted by atomic mass is 10.1. The number of carbonyl (C=O) groups is 4. The number of methoxy groups -OCH3 is 2. The normalized spacial score (nSPS) is 13.7. The zero-order chi connectivity index (χ0) is 20.8. The van der Waals surface area contributed by atoms with E-state index in [2.05, 4.69) is 14.8 Å². The number of halogens is 2. The van der Waals surface area contributed by atoms with Crippen molar-refractivity contribution in [3.8, 4) is 11.5 Å². The summed E-state index contributed by atoms with van der Waals surface area (Å²) >= 11 is 0. The van der Waals surface area contributed by atoms with Crippen LogP contribution in [0.1, 0.15) is 29.6 Å². The Balaban J connectivity index is 2.21. The zero-order valence-electron chi connectivity index (χ0n) is 15.1. The van der Waals surface area contributed by atoms with E-state index in [9.17, 15) is 28.0 Å². The summed E-state index contributed by atoms with van der Waals surface area (Å²) in [4.78, 5) is 48.3. The third-order valence-corrected chi connectivity index (χ3v) is 3.92. The van der Waals surface area contributed by atoms with Crippen molar-refractivity contribution in [1.82, 2.24) is 4.90 Å². The van der Waals surface area contributed by atoms with Gasteiger partial charge in [-0.05, 0) is 0 Å². The number of hydrogen-bond donors (Lipinski definition) is 1. The standard InChI is InChI=1S/C17H18F2N2O7/c1-26-11-7-9(16(25)27-2)10(8-12(11)28-17(18)19)20-13(22)5-6-21-14(23)3-4-15(21)24/h7-8,17H,3-6H2,1-2H3,(H,20,22). The minimum absolute atomic E-state index is 0.0970. The molecule has 1 N–H and O–H groups in total. The fraction of sp³-hybridized carbons (Fsp3) is 0.412. The van der Waals surface area contributed by atoms with Crippen molar-refractivity contribution >= 4 is 29.4 Å². The Labute approximate surface area is 158 Å². The average Bonchev–Trinajstić information content (AvgIpc) is 2.97. The molecule has 0 spiro atoms. The van der Waals surface area contributed by atoms with Gasteiger partial charge in [0.2, 0.25) is 17.7 Å². The molecule has 9 nitrogen and oxygen atoms in total. The number of carbonyl (C=O) groups excluding carboxylic acids is 4. The van der Waals surface area contributed by atoms with Crippen molar-refractivity contribution in [1.29, 1.82) is 0 Å². The van der Waals surface area contributed by atoms with E-state index in [1.54, 1.807) is 0 Å². The molecular formula is C17H18F2N2O7. The Morgan fingerprint density at radius 1 is 1.14 bits per heavy atom. The van der Waals surface area contributed by atoms with E-state index in [0.717, 1.165) is 24.1 Å². The third-order valence-electron chi connectivity index (χ3n) is 3.92. The molecule has 1 aliphatic rings. The Morgan fingerprint density at radius 2 is 1.79 bits per heavy atom. The molecule has 28 heavy (non-hydrogen) atoms. The number of amides is 3. The van der Waals surface area contributed by atoms with Crippen molar-refractivity contribution in [2.24, 2.45) is 0 Å². The van der Waals surface area contributed by atoms with Crippen molar-refractivity contribution < 1.29 is 42.2 Å². The van der Waals surface area contributed by atoms with Crippen molar-refractivity contribution in [3.05, 3.63) is 17.7 Å². The van der Waals surface area contributed by atoms with Crippen LogP contribution in [0, 0.1) is 0 Å². The van der Waals surface area contributed by atoms with Gasteiger partial charge in [0.05, 0.1) is 25.5 Å². The van der Waals surface area contributed by atoms with Crippen LogP contribution in [0.15, 0.2) is 12.1 Å². The number of anilines is 1. The molecule has 1 aromatic carbocycles. The molecule has 0 unspecified atom stereocenters. The summed E-state index contributed by atoms with van der Waals surface area (Å²) in [7, 11) is 2.30. The number of ether oxygens (including phenoxy) is 3. The topological polar surface area (TPSA) is 111 Å². The second-order valence-electron chi connectivity index (χ2n) is 5.66. The molecular weight excluding hydrogens is 382 g/mol. The second kappa shape index (κ2) is 9.11. The fourth-order valence-electron chi connectivity index (χ4n) is 2.59. The van der Waals surface area contributed by atoms with E-state index in [1.807, 2.05) is 0 Å². The van der Waals surface area contributed by atoms with E-state index < -0.39 is 24.2 Å². The van der Waals surface area contributed by atoms with Crippen LogP contribution in [0.2, 0.25) is 0 Å². The monoisotopic (exact) mass is 400 g/mol. The molecule has 1 fully saturated rings. The summed E-state index contributed by atoms with van der Waals surface area (Å²) < 4.78 is 39.1. The number of alkyl halides is 2. The van der Waals surface area contributed by atoms with Crippen LogP contribution in [-0.4, -0.2) is 56.0 Å². The molecule has 0 atom stereocenters. The lowest BCUT2D eigenvalue weighted by molar-refractivity contribution is -0.138. The van der Waals surface area contributed by atoms with E-state index in [4.69, 9.17) is 4.74 Å². The molecule has 11 heteroatoms. The maximum atomic E-state index is 12.6. The van der Waals surface area contributed by atoms with Gasteiger partial charge in [0.15, 0.2) is 11.5 Å². The Morgan fingerprint density at radius 3 is 2.32 bits per heavy atom. The molecule has 3 amide bonds. The number of benzene rings is 1. The van der Waals surface area contributed by atoms with Crippen LogP contribution in [0.4, 0.5) is 14.5 Å². The number of nitrogens with zero attached hydrogens (tertiary/aromatic N) is 1. The molecule has 0 saturated carbocycles. The van der Waals surface area contributed by atoms with Crippen molar-refractivity contribution in [3.63, 3.8) is 0 Å². The van der Waals surface area contributed by atoms with Crippen molar-refractivity contribution in [2.75, 3.05) is 26.1 Å². The predicted octanol–water partition coefficient (Wildman–Crippen LogP) is 1.56. The number of likely N-dealkylation sites (tertiary alicyclic amines) is 1. The van der Waals surface area contributed by atoms with Gasteiger partial charge in [-0.1, -0.05) is 0 Å². The molecule has 1 aromatic rings. The molecule has 1 saturated heterocycles. The highest BCUT2D eigenvalue weighted by molar-refractivity contribution is 6.04. The average molecular weight is 400 g/mol. The molecule has 1 heterocycles. The largest absolute Gasteiger partial charge is 0.493 e. The van der Waals surface area contributed by atoms with Crippen LogP contribution in [0.25, 0.3) is 0 Å². The first-order valence-electron chi connectivity index (χ1n) is 8.15. The Hall–Kier alpha value is -3.24. The summed E-state index contributed by atoms with van der Waals surface area (Å²) in [5, 5.41) is 2.37. The van der Waals surface area contributed by atoms with Crippen LogP contribution in [-0.2, 0) is 19.1 Å². The quantitative estimate of drug-likeness (QED) is 0.521. The van der Waals surface area contributed by atoms with Gasteiger partial charge in [-0.2, -0.15) is 8.78 Å². The van der Waals surface area contributed by atoms with Gasteiger partial charge in [-0.25, -0.2) is 4.79 Å². The first-order chi connectivity index (χ1) is 13.3. The highest BCUT2D eigenvalue weighted by atomic mass is 19.3. The van der Waals surface area contributed by atoms with E-state index >= 15 is 0 Å². The lowest BCUT2D eigenvalue weighted by Gasteiger charge is -2.16. The van der Waals surface area contributed by atoms with Crippen molar-refractivity contribution in [2.45, 2.75) is 25.9 Å². The Bertz CT molecular complexity index is 782. The molecule has 0 radical (unpaired) electrons. The van der Waals surface area contributed by atoms with Crippen LogP contribution in [0.3, 0.4) is 0 Å².